The van der Waals surface area contributed by atoms with Gasteiger partial charge in [0.1, 0.15) is 17.5 Å². The number of rotatable bonds is 6. The summed E-state index contributed by atoms with van der Waals surface area (Å²) in [5.74, 6) is 0.656. The fourth-order valence-electron chi connectivity index (χ4n) is 4.10. The molecular weight excluding hydrogens is 454 g/mol. The summed E-state index contributed by atoms with van der Waals surface area (Å²) in [6, 6.07) is 5.83. The van der Waals surface area contributed by atoms with Crippen LogP contribution < -0.4 is 4.74 Å². The SMILES string of the molecule is CC1(OC(=O)N2CCC(Oc3ccc(CN4CCN(S(C)(=O)=O)CC4)cc3Cl)CC2)CC1. The molecule has 0 bridgehead atoms. The van der Waals surface area contributed by atoms with Crippen molar-refractivity contribution in [1.29, 1.82) is 0 Å². The van der Waals surface area contributed by atoms with Gasteiger partial charge in [-0.3, -0.25) is 4.90 Å². The van der Waals surface area contributed by atoms with Gasteiger partial charge in [-0.15, -0.1) is 0 Å². The number of benzene rings is 1. The molecule has 3 aliphatic rings. The van der Waals surface area contributed by atoms with Gasteiger partial charge in [0.05, 0.1) is 11.3 Å². The number of piperidine rings is 1. The van der Waals surface area contributed by atoms with Gasteiger partial charge in [0.15, 0.2) is 0 Å². The van der Waals surface area contributed by atoms with Gasteiger partial charge < -0.3 is 14.4 Å². The molecule has 1 aromatic carbocycles. The molecule has 10 heteroatoms. The standard InChI is InChI=1S/C22H32ClN3O5S/c1-22(7-8-22)31-21(27)25-9-5-18(6-10-25)30-20-4-3-17(15-19(20)23)16-24-11-13-26(14-12-24)32(2,28)29/h3-4,15,18H,5-14,16H2,1-2H3. The summed E-state index contributed by atoms with van der Waals surface area (Å²) in [5.41, 5.74) is 0.822. The summed E-state index contributed by atoms with van der Waals surface area (Å²) in [7, 11) is -3.12. The average molecular weight is 486 g/mol. The molecule has 4 rings (SSSR count). The Morgan fingerprint density at radius 1 is 1.12 bits per heavy atom. The predicted molar refractivity (Wildman–Crippen MR) is 122 cm³/mol. The molecule has 0 atom stereocenters. The number of ether oxygens (including phenoxy) is 2. The van der Waals surface area contributed by atoms with Crippen molar-refractivity contribution in [3.05, 3.63) is 28.8 Å². The number of carbonyl (C=O) groups is 1. The largest absolute Gasteiger partial charge is 0.489 e. The van der Waals surface area contributed by atoms with E-state index in [1.165, 1.54) is 10.6 Å². The van der Waals surface area contributed by atoms with Gasteiger partial charge in [0.2, 0.25) is 10.0 Å². The zero-order valence-electron chi connectivity index (χ0n) is 18.8. The summed E-state index contributed by atoms with van der Waals surface area (Å²) in [5, 5.41) is 0.570. The van der Waals surface area contributed by atoms with E-state index in [4.69, 9.17) is 21.1 Å². The first kappa shape index (κ1) is 23.6. The molecule has 32 heavy (non-hydrogen) atoms. The van der Waals surface area contributed by atoms with E-state index in [-0.39, 0.29) is 17.8 Å². The van der Waals surface area contributed by atoms with E-state index in [9.17, 15) is 13.2 Å². The molecule has 1 amide bonds. The highest BCUT2D eigenvalue weighted by Gasteiger charge is 2.43. The first-order valence-corrected chi connectivity index (χ1v) is 13.4. The number of hydrogen-bond acceptors (Lipinski definition) is 6. The first-order valence-electron chi connectivity index (χ1n) is 11.2. The van der Waals surface area contributed by atoms with Gasteiger partial charge in [-0.2, -0.15) is 4.31 Å². The van der Waals surface area contributed by atoms with Crippen molar-refractivity contribution in [1.82, 2.24) is 14.1 Å². The molecular formula is C22H32ClN3O5S. The zero-order valence-corrected chi connectivity index (χ0v) is 20.3. The molecule has 8 nitrogen and oxygen atoms in total. The molecule has 1 aliphatic carbocycles. The highest BCUT2D eigenvalue weighted by Crippen LogP contribution is 2.39. The molecule has 3 fully saturated rings. The molecule has 0 N–H and O–H groups in total. The number of nitrogens with zero attached hydrogens (tertiary/aromatic N) is 3. The second-order valence-electron chi connectivity index (χ2n) is 9.33. The molecule has 178 valence electrons. The van der Waals surface area contributed by atoms with Crippen LogP contribution in [-0.2, 0) is 21.3 Å². The maximum absolute atomic E-state index is 12.2. The molecule has 2 saturated heterocycles. The molecule has 2 heterocycles. The van der Waals surface area contributed by atoms with Crippen LogP contribution in [0.25, 0.3) is 0 Å². The summed E-state index contributed by atoms with van der Waals surface area (Å²) < 4.78 is 36.5. The number of piperazine rings is 1. The third-order valence-corrected chi connectivity index (χ3v) is 8.08. The van der Waals surface area contributed by atoms with Crippen molar-refractivity contribution in [3.8, 4) is 5.75 Å². The lowest BCUT2D eigenvalue weighted by Crippen LogP contribution is -2.47. The molecule has 1 saturated carbocycles. The lowest BCUT2D eigenvalue weighted by Gasteiger charge is -2.33. The molecule has 2 aliphatic heterocycles. The fourth-order valence-corrected chi connectivity index (χ4v) is 5.18. The van der Waals surface area contributed by atoms with Crippen LogP contribution in [0, 0.1) is 0 Å². The van der Waals surface area contributed by atoms with Crippen molar-refractivity contribution in [3.63, 3.8) is 0 Å². The summed E-state index contributed by atoms with van der Waals surface area (Å²) in [4.78, 5) is 16.2. The van der Waals surface area contributed by atoms with Gasteiger partial charge in [-0.1, -0.05) is 17.7 Å². The Hall–Kier alpha value is -1.55. The van der Waals surface area contributed by atoms with Crippen LogP contribution in [0.3, 0.4) is 0 Å². The summed E-state index contributed by atoms with van der Waals surface area (Å²) in [6.07, 6.45) is 4.44. The van der Waals surface area contributed by atoms with Crippen LogP contribution in [-0.4, -0.2) is 85.8 Å². The van der Waals surface area contributed by atoms with Gasteiger partial charge in [0.25, 0.3) is 0 Å². The van der Waals surface area contributed by atoms with Crippen LogP contribution in [0.1, 0.15) is 38.2 Å². The highest BCUT2D eigenvalue weighted by molar-refractivity contribution is 7.88. The molecule has 0 radical (unpaired) electrons. The van der Waals surface area contributed by atoms with Crippen LogP contribution in [0.4, 0.5) is 4.79 Å². The lowest BCUT2D eigenvalue weighted by molar-refractivity contribution is 0.0387. The van der Waals surface area contributed by atoms with Crippen molar-refractivity contribution >= 4 is 27.7 Å². The summed E-state index contributed by atoms with van der Waals surface area (Å²) in [6.45, 7) is 6.35. The molecule has 0 unspecified atom stereocenters. The van der Waals surface area contributed by atoms with Crippen LogP contribution in [0.5, 0.6) is 5.75 Å². The number of sulfonamides is 1. The van der Waals surface area contributed by atoms with E-state index >= 15 is 0 Å². The second kappa shape index (κ2) is 9.37. The third kappa shape index (κ3) is 6.07. The van der Waals surface area contributed by atoms with Gasteiger partial charge in [-0.05, 0) is 37.5 Å². The highest BCUT2D eigenvalue weighted by atomic mass is 35.5. The Morgan fingerprint density at radius 2 is 1.78 bits per heavy atom. The van der Waals surface area contributed by atoms with E-state index in [0.29, 0.717) is 50.0 Å². The minimum Gasteiger partial charge on any atom is -0.489 e. The van der Waals surface area contributed by atoms with Crippen molar-refractivity contribution in [2.45, 2.75) is 50.9 Å². The molecule has 1 aromatic rings. The maximum atomic E-state index is 12.2. The Kier molecular flexibility index (Phi) is 6.91. The first-order chi connectivity index (χ1) is 15.1. The van der Waals surface area contributed by atoms with Crippen molar-refractivity contribution in [2.24, 2.45) is 0 Å². The maximum Gasteiger partial charge on any atom is 0.410 e. The quantitative estimate of drug-likeness (QED) is 0.616. The van der Waals surface area contributed by atoms with Crippen LogP contribution in [0.2, 0.25) is 5.02 Å². The Balaban J connectivity index is 1.24. The monoisotopic (exact) mass is 485 g/mol. The normalized spacial score (nSPS) is 22.5. The van der Waals surface area contributed by atoms with Crippen LogP contribution in [0.15, 0.2) is 18.2 Å². The van der Waals surface area contributed by atoms with Gasteiger partial charge >= 0.3 is 6.09 Å². The average Bonchev–Trinajstić information content (AvgIpc) is 3.47. The van der Waals surface area contributed by atoms with E-state index in [0.717, 1.165) is 37.8 Å². The fraction of sp³-hybridized carbons (Fsp3) is 0.682. The number of likely N-dealkylation sites (tertiary alicyclic amines) is 1. The Morgan fingerprint density at radius 3 is 2.34 bits per heavy atom. The van der Waals surface area contributed by atoms with Crippen LogP contribution >= 0.6 is 11.6 Å². The van der Waals surface area contributed by atoms with Crippen molar-refractivity contribution in [2.75, 3.05) is 45.5 Å². The number of halogens is 1. The number of carbonyl (C=O) groups excluding carboxylic acids is 1. The van der Waals surface area contributed by atoms with E-state index in [2.05, 4.69) is 4.90 Å². The minimum atomic E-state index is -3.12. The third-order valence-electron chi connectivity index (χ3n) is 6.48. The number of hydrogen-bond donors (Lipinski definition) is 0. The van der Waals surface area contributed by atoms with E-state index in [1.807, 2.05) is 25.1 Å². The Bertz CT molecular complexity index is 937. The lowest BCUT2D eigenvalue weighted by atomic mass is 10.1. The number of amides is 1. The summed E-state index contributed by atoms with van der Waals surface area (Å²) >= 11 is 6.49. The Labute approximate surface area is 195 Å². The smallest absolute Gasteiger partial charge is 0.410 e. The predicted octanol–water partition coefficient (Wildman–Crippen LogP) is 2.95. The molecule has 0 spiro atoms. The zero-order chi connectivity index (χ0) is 22.9. The van der Waals surface area contributed by atoms with Gasteiger partial charge in [-0.25, -0.2) is 13.2 Å². The molecule has 0 aromatic heterocycles. The second-order valence-corrected chi connectivity index (χ2v) is 11.7. The van der Waals surface area contributed by atoms with E-state index < -0.39 is 10.0 Å². The van der Waals surface area contributed by atoms with Gasteiger partial charge in [0, 0.05) is 58.7 Å². The van der Waals surface area contributed by atoms with Crippen molar-refractivity contribution < 1.29 is 22.7 Å². The topological polar surface area (TPSA) is 79.4 Å². The minimum absolute atomic E-state index is 0.0167. The van der Waals surface area contributed by atoms with E-state index in [1.54, 1.807) is 4.90 Å².